The number of amides is 2. The fourth-order valence-corrected chi connectivity index (χ4v) is 2.11. The van der Waals surface area contributed by atoms with Gasteiger partial charge in [0.15, 0.2) is 6.10 Å². The maximum atomic E-state index is 12.1. The maximum absolute atomic E-state index is 12.1. The minimum absolute atomic E-state index is 0.00669. The van der Waals surface area contributed by atoms with Crippen LogP contribution in [-0.4, -0.2) is 35.4 Å². The molecule has 0 heterocycles. The Labute approximate surface area is 154 Å². The van der Waals surface area contributed by atoms with Gasteiger partial charge < -0.3 is 15.4 Å². The highest BCUT2D eigenvalue weighted by molar-refractivity contribution is 5.98. The van der Waals surface area contributed by atoms with Crippen LogP contribution in [0.15, 0.2) is 54.6 Å². The quantitative estimate of drug-likeness (QED) is 0.435. The first kappa shape index (κ1) is 19.6. The summed E-state index contributed by atoms with van der Waals surface area (Å²) in [6.45, 7) is 0.901. The molecule has 0 spiro atoms. The molecule has 0 aliphatic rings. The highest BCUT2D eigenvalue weighted by atomic mass is 16.6. The summed E-state index contributed by atoms with van der Waals surface area (Å²) >= 11 is 0. The lowest BCUT2D eigenvalue weighted by molar-refractivity contribution is -0.383. The molecule has 2 rings (SSSR count). The van der Waals surface area contributed by atoms with Crippen LogP contribution in [0.5, 0.6) is 0 Å². The molecule has 2 aromatic rings. The van der Waals surface area contributed by atoms with Crippen LogP contribution in [-0.2, 0) is 14.3 Å². The number of nitrogens with zero attached hydrogens (tertiary/aromatic N) is 1. The van der Waals surface area contributed by atoms with E-state index in [0.717, 1.165) is 0 Å². The number of nitrogens with one attached hydrogen (secondary N) is 2. The van der Waals surface area contributed by atoms with Gasteiger partial charge in [0.1, 0.15) is 12.2 Å². The largest absolute Gasteiger partial charge is 0.451 e. The summed E-state index contributed by atoms with van der Waals surface area (Å²) in [6.07, 6.45) is -1.20. The van der Waals surface area contributed by atoms with Crippen LogP contribution >= 0.6 is 0 Å². The predicted octanol–water partition coefficient (Wildman–Crippen LogP) is 1.89. The van der Waals surface area contributed by atoms with Gasteiger partial charge in [-0.15, -0.1) is 0 Å². The molecule has 0 aliphatic carbocycles. The minimum Gasteiger partial charge on any atom is -0.451 e. The van der Waals surface area contributed by atoms with Crippen LogP contribution in [0.3, 0.4) is 0 Å². The van der Waals surface area contributed by atoms with Gasteiger partial charge in [-0.05, 0) is 25.1 Å². The topological polar surface area (TPSA) is 128 Å². The Morgan fingerprint density at radius 2 is 1.70 bits per heavy atom. The lowest BCUT2D eigenvalue weighted by atomic mass is 10.2. The summed E-state index contributed by atoms with van der Waals surface area (Å²) in [6, 6.07) is 13.9. The molecule has 0 fully saturated rings. The number of hydrogen-bond donors (Lipinski definition) is 2. The van der Waals surface area contributed by atoms with Gasteiger partial charge in [-0.1, -0.05) is 30.3 Å². The van der Waals surface area contributed by atoms with E-state index in [2.05, 4.69) is 10.6 Å². The van der Waals surface area contributed by atoms with Crippen LogP contribution in [0.25, 0.3) is 0 Å². The van der Waals surface area contributed by atoms with Crippen LogP contribution in [0, 0.1) is 10.1 Å². The lowest BCUT2D eigenvalue weighted by Gasteiger charge is -2.14. The number of esters is 1. The Hall–Kier alpha value is -3.75. The Kier molecular flexibility index (Phi) is 6.59. The fraction of sp³-hybridized carbons (Fsp3) is 0.167. The molecule has 2 N–H and O–H groups in total. The molecule has 0 aromatic heterocycles. The minimum atomic E-state index is -1.20. The van der Waals surface area contributed by atoms with Crippen molar-refractivity contribution in [2.75, 3.05) is 11.9 Å². The summed E-state index contributed by atoms with van der Waals surface area (Å²) in [5.74, 6) is -2.00. The van der Waals surface area contributed by atoms with E-state index in [0.29, 0.717) is 5.56 Å². The van der Waals surface area contributed by atoms with Crippen LogP contribution < -0.4 is 10.6 Å². The van der Waals surface area contributed by atoms with E-state index in [1.807, 2.05) is 0 Å². The second-order valence-corrected chi connectivity index (χ2v) is 5.44. The van der Waals surface area contributed by atoms with E-state index >= 15 is 0 Å². The molecule has 0 aliphatic heterocycles. The van der Waals surface area contributed by atoms with Crippen molar-refractivity contribution in [1.82, 2.24) is 5.32 Å². The Morgan fingerprint density at radius 1 is 1.07 bits per heavy atom. The van der Waals surface area contributed by atoms with Gasteiger partial charge in [0.05, 0.1) is 4.92 Å². The molecule has 0 bridgehead atoms. The van der Waals surface area contributed by atoms with E-state index in [1.54, 1.807) is 30.3 Å². The molecule has 27 heavy (non-hydrogen) atoms. The number of carbonyl (C=O) groups is 3. The Morgan fingerprint density at radius 3 is 2.37 bits per heavy atom. The zero-order valence-electron chi connectivity index (χ0n) is 14.4. The third-order valence-electron chi connectivity index (χ3n) is 3.47. The van der Waals surface area contributed by atoms with Gasteiger partial charge in [-0.2, -0.15) is 0 Å². The number of nitro groups is 1. The van der Waals surface area contributed by atoms with Crippen molar-refractivity contribution in [3.8, 4) is 0 Å². The number of nitro benzene ring substituents is 1. The van der Waals surface area contributed by atoms with Crippen LogP contribution in [0.4, 0.5) is 11.4 Å². The predicted molar refractivity (Wildman–Crippen MR) is 96.1 cm³/mol. The molecule has 0 radical (unpaired) electrons. The first-order chi connectivity index (χ1) is 12.9. The number of anilines is 1. The van der Waals surface area contributed by atoms with Crippen molar-refractivity contribution >= 4 is 29.2 Å². The number of rotatable bonds is 7. The normalized spacial score (nSPS) is 11.1. The van der Waals surface area contributed by atoms with E-state index in [4.69, 9.17) is 4.74 Å². The molecule has 2 amide bonds. The first-order valence-corrected chi connectivity index (χ1v) is 7.95. The van der Waals surface area contributed by atoms with Gasteiger partial charge in [-0.3, -0.25) is 24.5 Å². The second-order valence-electron chi connectivity index (χ2n) is 5.44. The maximum Gasteiger partial charge on any atom is 0.326 e. The van der Waals surface area contributed by atoms with Crippen molar-refractivity contribution in [2.24, 2.45) is 0 Å². The van der Waals surface area contributed by atoms with E-state index in [-0.39, 0.29) is 11.4 Å². The fourth-order valence-electron chi connectivity index (χ4n) is 2.11. The van der Waals surface area contributed by atoms with Gasteiger partial charge in [0.2, 0.25) is 0 Å². The van der Waals surface area contributed by atoms with Crippen LogP contribution in [0.2, 0.25) is 0 Å². The number of para-hydroxylation sites is 2. The Balaban J connectivity index is 1.86. The zero-order chi connectivity index (χ0) is 19.8. The molecule has 2 aromatic carbocycles. The standard InChI is InChI=1S/C18H17N3O6/c1-12(17(23)20-14-9-5-6-10-15(14)21(25)26)27-16(22)11-19-18(24)13-7-3-2-4-8-13/h2-10,12H,11H2,1H3,(H,19,24)(H,20,23)/t12-/m1/s1. The van der Waals surface area contributed by atoms with Crippen molar-refractivity contribution < 1.29 is 24.0 Å². The number of benzene rings is 2. The van der Waals surface area contributed by atoms with Gasteiger partial charge in [0, 0.05) is 11.6 Å². The highest BCUT2D eigenvalue weighted by Crippen LogP contribution is 2.23. The molecular weight excluding hydrogens is 354 g/mol. The monoisotopic (exact) mass is 371 g/mol. The molecule has 9 heteroatoms. The first-order valence-electron chi connectivity index (χ1n) is 7.95. The van der Waals surface area contributed by atoms with Crippen molar-refractivity contribution in [2.45, 2.75) is 13.0 Å². The lowest BCUT2D eigenvalue weighted by Crippen LogP contribution is -2.35. The average molecular weight is 371 g/mol. The van der Waals surface area contributed by atoms with Crippen molar-refractivity contribution in [3.63, 3.8) is 0 Å². The zero-order valence-corrected chi connectivity index (χ0v) is 14.4. The van der Waals surface area contributed by atoms with Crippen LogP contribution in [0.1, 0.15) is 17.3 Å². The third-order valence-corrected chi connectivity index (χ3v) is 3.47. The van der Waals surface area contributed by atoms with Gasteiger partial charge in [-0.25, -0.2) is 0 Å². The Bertz CT molecular complexity index is 853. The molecule has 0 saturated heterocycles. The molecular formula is C18H17N3O6. The second kappa shape index (κ2) is 9.09. The van der Waals surface area contributed by atoms with E-state index in [9.17, 15) is 24.5 Å². The molecule has 140 valence electrons. The SMILES string of the molecule is C[C@@H](OC(=O)CNC(=O)c1ccccc1)C(=O)Nc1ccccc1[N+](=O)[O-]. The molecule has 1 atom stereocenters. The number of carbonyl (C=O) groups excluding carboxylic acids is 3. The third kappa shape index (κ3) is 5.63. The van der Waals surface area contributed by atoms with E-state index in [1.165, 1.54) is 31.2 Å². The summed E-state index contributed by atoms with van der Waals surface area (Å²) in [5.41, 5.74) is 0.0970. The molecule has 9 nitrogen and oxygen atoms in total. The van der Waals surface area contributed by atoms with Gasteiger partial charge >= 0.3 is 5.97 Å². The summed E-state index contributed by atoms with van der Waals surface area (Å²) in [7, 11) is 0. The van der Waals surface area contributed by atoms with E-state index < -0.39 is 35.4 Å². The van der Waals surface area contributed by atoms with Crippen molar-refractivity contribution in [1.29, 1.82) is 0 Å². The highest BCUT2D eigenvalue weighted by Gasteiger charge is 2.21. The summed E-state index contributed by atoms with van der Waals surface area (Å²) in [5, 5.41) is 15.7. The van der Waals surface area contributed by atoms with Crippen molar-refractivity contribution in [3.05, 3.63) is 70.3 Å². The number of hydrogen-bond acceptors (Lipinski definition) is 6. The average Bonchev–Trinajstić information content (AvgIpc) is 2.67. The summed E-state index contributed by atoms with van der Waals surface area (Å²) in [4.78, 5) is 46.0. The number of ether oxygens (including phenoxy) is 1. The molecule has 0 saturated carbocycles. The summed E-state index contributed by atoms with van der Waals surface area (Å²) < 4.78 is 4.94. The van der Waals surface area contributed by atoms with Gasteiger partial charge in [0.25, 0.3) is 17.5 Å². The smallest absolute Gasteiger partial charge is 0.326 e. The molecule has 0 unspecified atom stereocenters.